The fourth-order valence-electron chi connectivity index (χ4n) is 4.01. The zero-order valence-corrected chi connectivity index (χ0v) is 16.4. The Bertz CT molecular complexity index is 935. The molecule has 2 aliphatic heterocycles. The molecule has 0 aromatic heterocycles. The molecule has 3 amide bonds. The van der Waals surface area contributed by atoms with Gasteiger partial charge in [-0.2, -0.15) is 0 Å². The van der Waals surface area contributed by atoms with E-state index in [2.05, 4.69) is 5.32 Å². The van der Waals surface area contributed by atoms with E-state index in [-0.39, 0.29) is 36.3 Å². The minimum absolute atomic E-state index is 0.0902. The summed E-state index contributed by atoms with van der Waals surface area (Å²) in [7, 11) is 0. The second kappa shape index (κ2) is 8.17. The molecule has 6 heteroatoms. The summed E-state index contributed by atoms with van der Waals surface area (Å²) in [5.41, 5.74) is 2.17. The van der Waals surface area contributed by atoms with Crippen LogP contribution < -0.4 is 5.32 Å². The first-order chi connectivity index (χ1) is 14.1. The van der Waals surface area contributed by atoms with Crippen molar-refractivity contribution in [3.8, 4) is 0 Å². The third kappa shape index (κ3) is 3.80. The summed E-state index contributed by atoms with van der Waals surface area (Å²) >= 11 is 0. The molecule has 0 spiro atoms. The van der Waals surface area contributed by atoms with Gasteiger partial charge in [0.2, 0.25) is 5.91 Å². The molecule has 0 aliphatic carbocycles. The number of carbonyl (C=O) groups excluding carboxylic acids is 3. The van der Waals surface area contributed by atoms with Gasteiger partial charge in [0, 0.05) is 12.3 Å². The summed E-state index contributed by atoms with van der Waals surface area (Å²) < 4.78 is 5.56. The number of fused-ring (bicyclic) bond motifs is 1. The number of imide groups is 1. The van der Waals surface area contributed by atoms with Crippen molar-refractivity contribution < 1.29 is 19.1 Å². The molecule has 2 unspecified atom stereocenters. The number of hydrogen-bond acceptors (Lipinski definition) is 4. The van der Waals surface area contributed by atoms with Gasteiger partial charge in [0.05, 0.1) is 29.7 Å². The van der Waals surface area contributed by atoms with Crippen molar-refractivity contribution in [1.82, 2.24) is 4.90 Å². The lowest BCUT2D eigenvalue weighted by atomic mass is 9.95. The molecule has 0 saturated carbocycles. The third-order valence-corrected chi connectivity index (χ3v) is 5.58. The summed E-state index contributed by atoms with van der Waals surface area (Å²) in [6.45, 7) is 2.91. The molecule has 2 aromatic carbocycles. The Kier molecular flexibility index (Phi) is 5.45. The number of carbonyl (C=O) groups is 3. The van der Waals surface area contributed by atoms with E-state index in [1.165, 1.54) is 4.90 Å². The summed E-state index contributed by atoms with van der Waals surface area (Å²) in [5.74, 6) is -1.04. The molecule has 2 aliphatic rings. The number of nitrogens with zero attached hydrogens (tertiary/aromatic N) is 1. The highest BCUT2D eigenvalue weighted by Crippen LogP contribution is 2.28. The van der Waals surface area contributed by atoms with Crippen molar-refractivity contribution in [2.24, 2.45) is 0 Å². The molecule has 4 rings (SSSR count). The second-order valence-corrected chi connectivity index (χ2v) is 7.48. The first-order valence-corrected chi connectivity index (χ1v) is 10.1. The van der Waals surface area contributed by atoms with Crippen LogP contribution in [0, 0.1) is 0 Å². The van der Waals surface area contributed by atoms with Crippen LogP contribution in [0.2, 0.25) is 0 Å². The molecule has 29 heavy (non-hydrogen) atoms. The molecule has 6 nitrogen and oxygen atoms in total. The fraction of sp³-hybridized carbons (Fsp3) is 0.348. The van der Waals surface area contributed by atoms with Gasteiger partial charge in [-0.15, -0.1) is 0 Å². The molecular formula is C23H24N2O4. The summed E-state index contributed by atoms with van der Waals surface area (Å²) in [5, 5.41) is 2.90. The Morgan fingerprint density at radius 1 is 1.14 bits per heavy atom. The number of amides is 3. The van der Waals surface area contributed by atoms with Crippen molar-refractivity contribution in [1.29, 1.82) is 0 Å². The maximum Gasteiger partial charge on any atom is 0.261 e. The van der Waals surface area contributed by atoms with E-state index in [1.807, 2.05) is 37.3 Å². The largest absolute Gasteiger partial charge is 0.376 e. The van der Waals surface area contributed by atoms with Gasteiger partial charge in [0.1, 0.15) is 0 Å². The van der Waals surface area contributed by atoms with Gasteiger partial charge < -0.3 is 10.1 Å². The molecule has 2 atom stereocenters. The number of anilines is 1. The van der Waals surface area contributed by atoms with Gasteiger partial charge in [0.25, 0.3) is 11.8 Å². The molecule has 1 fully saturated rings. The Balaban J connectivity index is 1.50. The van der Waals surface area contributed by atoms with E-state index in [0.29, 0.717) is 29.8 Å². The van der Waals surface area contributed by atoms with E-state index in [9.17, 15) is 14.4 Å². The fourth-order valence-corrected chi connectivity index (χ4v) is 4.01. The van der Waals surface area contributed by atoms with Gasteiger partial charge in [-0.05, 0) is 43.0 Å². The predicted molar refractivity (Wildman–Crippen MR) is 109 cm³/mol. The number of ether oxygens (including phenoxy) is 1. The Morgan fingerprint density at radius 3 is 2.59 bits per heavy atom. The smallest absolute Gasteiger partial charge is 0.261 e. The lowest BCUT2D eigenvalue weighted by Crippen LogP contribution is -2.36. The van der Waals surface area contributed by atoms with Crippen molar-refractivity contribution in [2.75, 3.05) is 18.5 Å². The van der Waals surface area contributed by atoms with Crippen LogP contribution in [-0.4, -0.2) is 41.9 Å². The van der Waals surface area contributed by atoms with Gasteiger partial charge in [0.15, 0.2) is 0 Å². The Labute approximate surface area is 169 Å². The Morgan fingerprint density at radius 2 is 1.90 bits per heavy atom. The highest BCUT2D eigenvalue weighted by Gasteiger charge is 2.37. The normalized spacial score (nSPS) is 19.3. The van der Waals surface area contributed by atoms with Crippen LogP contribution in [0.1, 0.15) is 58.4 Å². The zero-order valence-electron chi connectivity index (χ0n) is 16.4. The minimum atomic E-state index is -0.327. The standard InChI is InChI=1S/C23H24N2O4/c1-2-18(15-7-4-3-5-8-15)21(26)24-16-10-11-19-20(13-16)23(28)25(22(19)27)14-17-9-6-12-29-17/h3-5,7-8,10-11,13,17-18H,2,6,9,12,14H2,1H3,(H,24,26). The summed E-state index contributed by atoms with van der Waals surface area (Å²) in [6.07, 6.45) is 2.37. The van der Waals surface area contributed by atoms with Crippen molar-refractivity contribution >= 4 is 23.4 Å². The molecule has 2 aromatic rings. The third-order valence-electron chi connectivity index (χ3n) is 5.58. The van der Waals surface area contributed by atoms with Crippen LogP contribution in [-0.2, 0) is 9.53 Å². The average molecular weight is 392 g/mol. The zero-order chi connectivity index (χ0) is 20.4. The van der Waals surface area contributed by atoms with Gasteiger partial charge in [-0.1, -0.05) is 37.3 Å². The monoisotopic (exact) mass is 392 g/mol. The van der Waals surface area contributed by atoms with Crippen LogP contribution in [0.3, 0.4) is 0 Å². The van der Waals surface area contributed by atoms with E-state index in [1.54, 1.807) is 18.2 Å². The van der Waals surface area contributed by atoms with Crippen LogP contribution in [0.5, 0.6) is 0 Å². The lowest BCUT2D eigenvalue weighted by Gasteiger charge is -2.17. The maximum atomic E-state index is 12.8. The summed E-state index contributed by atoms with van der Waals surface area (Å²) in [4.78, 5) is 39.5. The van der Waals surface area contributed by atoms with Crippen molar-refractivity contribution in [2.45, 2.75) is 38.2 Å². The highest BCUT2D eigenvalue weighted by atomic mass is 16.5. The van der Waals surface area contributed by atoms with Crippen LogP contribution in [0.15, 0.2) is 48.5 Å². The van der Waals surface area contributed by atoms with E-state index in [4.69, 9.17) is 4.74 Å². The minimum Gasteiger partial charge on any atom is -0.376 e. The first-order valence-electron chi connectivity index (χ1n) is 10.1. The quantitative estimate of drug-likeness (QED) is 0.762. The first kappa shape index (κ1) is 19.3. The number of rotatable bonds is 6. The molecule has 1 saturated heterocycles. The van der Waals surface area contributed by atoms with E-state index >= 15 is 0 Å². The van der Waals surface area contributed by atoms with E-state index < -0.39 is 0 Å². The molecule has 2 heterocycles. The Hall–Kier alpha value is -2.99. The van der Waals surface area contributed by atoms with Crippen molar-refractivity contribution in [3.05, 3.63) is 65.2 Å². The molecule has 0 bridgehead atoms. The van der Waals surface area contributed by atoms with Gasteiger partial charge in [-0.3, -0.25) is 19.3 Å². The lowest BCUT2D eigenvalue weighted by molar-refractivity contribution is -0.117. The molecule has 150 valence electrons. The van der Waals surface area contributed by atoms with E-state index in [0.717, 1.165) is 18.4 Å². The maximum absolute atomic E-state index is 12.8. The van der Waals surface area contributed by atoms with Crippen LogP contribution >= 0.6 is 0 Å². The van der Waals surface area contributed by atoms with Crippen LogP contribution in [0.4, 0.5) is 5.69 Å². The number of nitrogens with one attached hydrogen (secondary N) is 1. The van der Waals surface area contributed by atoms with Crippen LogP contribution in [0.25, 0.3) is 0 Å². The topological polar surface area (TPSA) is 75.7 Å². The van der Waals surface area contributed by atoms with Crippen molar-refractivity contribution in [3.63, 3.8) is 0 Å². The number of hydrogen-bond donors (Lipinski definition) is 1. The second-order valence-electron chi connectivity index (χ2n) is 7.48. The number of benzene rings is 2. The average Bonchev–Trinajstić information content (AvgIpc) is 3.32. The molecule has 1 N–H and O–H groups in total. The summed E-state index contributed by atoms with van der Waals surface area (Å²) in [6, 6.07) is 14.5. The van der Waals surface area contributed by atoms with Gasteiger partial charge in [-0.25, -0.2) is 0 Å². The predicted octanol–water partition coefficient (Wildman–Crippen LogP) is 3.59. The highest BCUT2D eigenvalue weighted by molar-refractivity contribution is 6.22. The molecule has 0 radical (unpaired) electrons. The SMILES string of the molecule is CCC(C(=O)Nc1ccc2c(c1)C(=O)N(CC1CCCO1)C2=O)c1ccccc1. The molecular weight excluding hydrogens is 368 g/mol. The van der Waals surface area contributed by atoms with Gasteiger partial charge >= 0.3 is 0 Å².